The molecule has 0 spiro atoms. The molecule has 0 unspecified atom stereocenters. The van der Waals surface area contributed by atoms with Gasteiger partial charge in [0.15, 0.2) is 0 Å². The SMILES string of the molecule is CCN(CC)c1ccc(NC(=O)CNC(=O)Cc2cccc(C)c2)cc1. The van der Waals surface area contributed by atoms with Crippen molar-refractivity contribution in [1.82, 2.24) is 5.32 Å². The van der Waals surface area contributed by atoms with Crippen LogP contribution in [0, 0.1) is 6.92 Å². The van der Waals surface area contributed by atoms with Crippen molar-refractivity contribution in [2.24, 2.45) is 0 Å². The van der Waals surface area contributed by atoms with E-state index in [1.54, 1.807) is 0 Å². The predicted molar refractivity (Wildman–Crippen MR) is 107 cm³/mol. The minimum Gasteiger partial charge on any atom is -0.372 e. The van der Waals surface area contributed by atoms with Crippen LogP contribution in [0.1, 0.15) is 25.0 Å². The molecule has 2 N–H and O–H groups in total. The van der Waals surface area contributed by atoms with Crippen molar-refractivity contribution in [2.45, 2.75) is 27.2 Å². The molecule has 0 aliphatic rings. The lowest BCUT2D eigenvalue weighted by Gasteiger charge is -2.21. The molecule has 5 heteroatoms. The van der Waals surface area contributed by atoms with E-state index in [1.165, 1.54) is 0 Å². The van der Waals surface area contributed by atoms with Crippen LogP contribution in [-0.2, 0) is 16.0 Å². The average molecular weight is 353 g/mol. The summed E-state index contributed by atoms with van der Waals surface area (Å²) in [6.07, 6.45) is 0.271. The molecule has 26 heavy (non-hydrogen) atoms. The third kappa shape index (κ3) is 5.92. The van der Waals surface area contributed by atoms with Crippen molar-refractivity contribution in [3.63, 3.8) is 0 Å². The van der Waals surface area contributed by atoms with Gasteiger partial charge in [0, 0.05) is 24.5 Å². The zero-order valence-corrected chi connectivity index (χ0v) is 15.7. The Labute approximate surface area is 155 Å². The van der Waals surface area contributed by atoms with Crippen molar-refractivity contribution < 1.29 is 9.59 Å². The Morgan fingerprint density at radius 1 is 0.962 bits per heavy atom. The first-order valence-corrected chi connectivity index (χ1v) is 8.99. The normalized spacial score (nSPS) is 10.3. The third-order valence-corrected chi connectivity index (χ3v) is 4.17. The van der Waals surface area contributed by atoms with Crippen molar-refractivity contribution in [3.05, 3.63) is 59.7 Å². The highest BCUT2D eigenvalue weighted by atomic mass is 16.2. The van der Waals surface area contributed by atoms with Crippen LogP contribution in [0.15, 0.2) is 48.5 Å². The summed E-state index contributed by atoms with van der Waals surface area (Å²) in [5.74, 6) is -0.402. The molecule has 0 aliphatic heterocycles. The number of anilines is 2. The Balaban J connectivity index is 1.80. The third-order valence-electron chi connectivity index (χ3n) is 4.17. The van der Waals surface area contributed by atoms with E-state index in [0.717, 1.165) is 35.6 Å². The maximum atomic E-state index is 12.0. The largest absolute Gasteiger partial charge is 0.372 e. The first kappa shape index (κ1) is 19.5. The number of carbonyl (C=O) groups excluding carboxylic acids is 2. The Bertz CT molecular complexity index is 737. The molecular weight excluding hydrogens is 326 g/mol. The second-order valence-corrected chi connectivity index (χ2v) is 6.21. The number of hydrogen-bond acceptors (Lipinski definition) is 3. The van der Waals surface area contributed by atoms with Gasteiger partial charge in [-0.25, -0.2) is 0 Å². The molecule has 0 atom stereocenters. The van der Waals surface area contributed by atoms with Gasteiger partial charge in [-0.05, 0) is 50.6 Å². The van der Waals surface area contributed by atoms with E-state index < -0.39 is 0 Å². The number of carbonyl (C=O) groups is 2. The molecule has 0 fully saturated rings. The van der Waals surface area contributed by atoms with Crippen molar-refractivity contribution >= 4 is 23.2 Å². The number of rotatable bonds is 8. The number of hydrogen-bond donors (Lipinski definition) is 2. The van der Waals surface area contributed by atoms with Gasteiger partial charge >= 0.3 is 0 Å². The number of benzene rings is 2. The van der Waals surface area contributed by atoms with E-state index in [0.29, 0.717) is 0 Å². The molecular formula is C21H27N3O2. The van der Waals surface area contributed by atoms with E-state index >= 15 is 0 Å². The molecule has 2 aromatic rings. The Morgan fingerprint density at radius 2 is 1.65 bits per heavy atom. The van der Waals surface area contributed by atoms with Gasteiger partial charge in [0.1, 0.15) is 0 Å². The van der Waals surface area contributed by atoms with Crippen molar-refractivity contribution in [1.29, 1.82) is 0 Å². The van der Waals surface area contributed by atoms with Gasteiger partial charge < -0.3 is 15.5 Å². The molecule has 2 rings (SSSR count). The number of amides is 2. The van der Waals surface area contributed by atoms with Crippen LogP contribution in [0.2, 0.25) is 0 Å². The van der Waals surface area contributed by atoms with Gasteiger partial charge in [0.25, 0.3) is 0 Å². The highest BCUT2D eigenvalue weighted by molar-refractivity contribution is 5.94. The molecule has 0 bridgehead atoms. The highest BCUT2D eigenvalue weighted by Crippen LogP contribution is 2.17. The van der Waals surface area contributed by atoms with E-state index in [-0.39, 0.29) is 24.8 Å². The monoisotopic (exact) mass is 353 g/mol. The number of aryl methyl sites for hydroxylation is 1. The molecule has 0 aliphatic carbocycles. The molecule has 0 aromatic heterocycles. The van der Waals surface area contributed by atoms with Crippen LogP contribution in [-0.4, -0.2) is 31.4 Å². The second kappa shape index (κ2) is 9.61. The van der Waals surface area contributed by atoms with E-state index in [2.05, 4.69) is 29.4 Å². The lowest BCUT2D eigenvalue weighted by atomic mass is 10.1. The summed E-state index contributed by atoms with van der Waals surface area (Å²) in [5.41, 5.74) is 3.90. The zero-order chi connectivity index (χ0) is 18.9. The quantitative estimate of drug-likeness (QED) is 0.766. The molecule has 0 radical (unpaired) electrons. The first-order chi connectivity index (χ1) is 12.5. The van der Waals surface area contributed by atoms with Crippen molar-refractivity contribution in [3.8, 4) is 0 Å². The van der Waals surface area contributed by atoms with Crippen LogP contribution in [0.4, 0.5) is 11.4 Å². The fourth-order valence-electron chi connectivity index (χ4n) is 2.80. The minimum atomic E-state index is -0.238. The summed E-state index contributed by atoms with van der Waals surface area (Å²) in [6, 6.07) is 15.5. The summed E-state index contributed by atoms with van der Waals surface area (Å²) in [7, 11) is 0. The van der Waals surface area contributed by atoms with Gasteiger partial charge in [-0.3, -0.25) is 9.59 Å². The van der Waals surface area contributed by atoms with Gasteiger partial charge in [0.2, 0.25) is 11.8 Å². The van der Waals surface area contributed by atoms with Gasteiger partial charge in [-0.15, -0.1) is 0 Å². The standard InChI is InChI=1S/C21H27N3O2/c1-4-24(5-2)19-11-9-18(10-12-19)23-21(26)15-22-20(25)14-17-8-6-7-16(3)13-17/h6-13H,4-5,14-15H2,1-3H3,(H,22,25)(H,23,26). The Morgan fingerprint density at radius 3 is 2.27 bits per heavy atom. The van der Waals surface area contributed by atoms with Gasteiger partial charge in [-0.1, -0.05) is 29.8 Å². The summed E-state index contributed by atoms with van der Waals surface area (Å²) < 4.78 is 0. The topological polar surface area (TPSA) is 61.4 Å². The van der Waals surface area contributed by atoms with Crippen LogP contribution in [0.5, 0.6) is 0 Å². The molecule has 138 valence electrons. The van der Waals surface area contributed by atoms with Crippen LogP contribution in [0.25, 0.3) is 0 Å². The van der Waals surface area contributed by atoms with E-state index in [1.807, 2.05) is 55.5 Å². The van der Waals surface area contributed by atoms with Gasteiger partial charge in [-0.2, -0.15) is 0 Å². The molecule has 0 heterocycles. The predicted octanol–water partition coefficient (Wildman–Crippen LogP) is 3.14. The zero-order valence-electron chi connectivity index (χ0n) is 15.7. The summed E-state index contributed by atoms with van der Waals surface area (Å²) in [6.45, 7) is 8.05. The smallest absolute Gasteiger partial charge is 0.243 e. The maximum absolute atomic E-state index is 12.0. The lowest BCUT2D eigenvalue weighted by Crippen LogP contribution is -2.33. The summed E-state index contributed by atoms with van der Waals surface area (Å²) in [4.78, 5) is 26.2. The second-order valence-electron chi connectivity index (χ2n) is 6.21. The van der Waals surface area contributed by atoms with E-state index in [4.69, 9.17) is 0 Å². The van der Waals surface area contributed by atoms with Crippen molar-refractivity contribution in [2.75, 3.05) is 29.9 Å². The van der Waals surface area contributed by atoms with Crippen LogP contribution < -0.4 is 15.5 Å². The maximum Gasteiger partial charge on any atom is 0.243 e. The number of nitrogens with one attached hydrogen (secondary N) is 2. The van der Waals surface area contributed by atoms with Crippen LogP contribution in [0.3, 0.4) is 0 Å². The molecule has 2 amide bonds. The average Bonchev–Trinajstić information content (AvgIpc) is 2.62. The molecule has 2 aromatic carbocycles. The number of nitrogens with zero attached hydrogens (tertiary/aromatic N) is 1. The molecule has 0 saturated heterocycles. The molecule has 5 nitrogen and oxygen atoms in total. The Hall–Kier alpha value is -2.82. The van der Waals surface area contributed by atoms with Gasteiger partial charge in [0.05, 0.1) is 13.0 Å². The van der Waals surface area contributed by atoms with E-state index in [9.17, 15) is 9.59 Å². The first-order valence-electron chi connectivity index (χ1n) is 8.99. The lowest BCUT2D eigenvalue weighted by molar-refractivity contribution is -0.123. The fraction of sp³-hybridized carbons (Fsp3) is 0.333. The highest BCUT2D eigenvalue weighted by Gasteiger charge is 2.08. The Kier molecular flexibility index (Phi) is 7.21. The fourth-order valence-corrected chi connectivity index (χ4v) is 2.80. The molecule has 0 saturated carbocycles. The minimum absolute atomic E-state index is 0.0392. The summed E-state index contributed by atoms with van der Waals surface area (Å²) in [5, 5.41) is 5.46. The van der Waals surface area contributed by atoms with Crippen LogP contribution >= 0.6 is 0 Å². The summed E-state index contributed by atoms with van der Waals surface area (Å²) >= 11 is 0.